The number of carbonyl (C=O) groups excluding carboxylic acids is 2. The van der Waals surface area contributed by atoms with E-state index < -0.39 is 39.5 Å². The molecule has 8 heteroatoms. The summed E-state index contributed by atoms with van der Waals surface area (Å²) in [6.07, 6.45) is -0.731. The maximum absolute atomic E-state index is 11.7. The van der Waals surface area contributed by atoms with Crippen molar-refractivity contribution < 1.29 is 27.5 Å². The van der Waals surface area contributed by atoms with Crippen molar-refractivity contribution in [3.05, 3.63) is 0 Å². The van der Waals surface area contributed by atoms with Crippen LogP contribution < -0.4 is 5.32 Å². The van der Waals surface area contributed by atoms with Crippen LogP contribution in [-0.4, -0.2) is 50.7 Å². The summed E-state index contributed by atoms with van der Waals surface area (Å²) in [5.41, 5.74) is -0.667. The largest absolute Gasteiger partial charge is 0.469 e. The first-order valence-electron chi connectivity index (χ1n) is 6.29. The maximum atomic E-state index is 11.7. The smallest absolute Gasteiger partial charge is 0.407 e. The van der Waals surface area contributed by atoms with Gasteiger partial charge in [-0.2, -0.15) is 0 Å². The highest BCUT2D eigenvalue weighted by molar-refractivity contribution is 7.91. The molecule has 1 aliphatic heterocycles. The number of nitrogens with one attached hydrogen (secondary N) is 1. The van der Waals surface area contributed by atoms with Gasteiger partial charge in [-0.25, -0.2) is 13.2 Å². The van der Waals surface area contributed by atoms with Gasteiger partial charge in [0.25, 0.3) is 0 Å². The van der Waals surface area contributed by atoms with Gasteiger partial charge in [0.15, 0.2) is 9.84 Å². The van der Waals surface area contributed by atoms with E-state index in [1.54, 1.807) is 20.8 Å². The first-order valence-corrected chi connectivity index (χ1v) is 8.11. The highest BCUT2D eigenvalue weighted by Crippen LogP contribution is 2.23. The number of ether oxygens (including phenoxy) is 2. The number of amides is 1. The number of rotatable bonds is 3. The molecule has 1 aliphatic rings. The molecule has 0 aromatic carbocycles. The average Bonchev–Trinajstić information content (AvgIpc) is 2.49. The molecule has 0 aliphatic carbocycles. The standard InChI is InChI=1S/C12H21NO6S/c1-12(2,3)19-11(15)13-9-7-20(16,17)6-8(9)5-10(14)18-4/h8-9H,5-7H2,1-4H3,(H,13,15). The molecule has 1 amide bonds. The summed E-state index contributed by atoms with van der Waals surface area (Å²) in [7, 11) is -2.03. The summed E-state index contributed by atoms with van der Waals surface area (Å²) in [4.78, 5) is 23.0. The van der Waals surface area contributed by atoms with Crippen molar-refractivity contribution in [1.82, 2.24) is 5.32 Å². The zero-order chi connectivity index (χ0) is 15.6. The Morgan fingerprint density at radius 2 is 1.85 bits per heavy atom. The quantitative estimate of drug-likeness (QED) is 0.762. The van der Waals surface area contributed by atoms with Crippen molar-refractivity contribution in [2.45, 2.75) is 38.8 Å². The Labute approximate surface area is 118 Å². The van der Waals surface area contributed by atoms with Gasteiger partial charge in [0.2, 0.25) is 0 Å². The highest BCUT2D eigenvalue weighted by atomic mass is 32.2. The van der Waals surface area contributed by atoms with Crippen LogP contribution >= 0.6 is 0 Å². The molecule has 1 rings (SSSR count). The van der Waals surface area contributed by atoms with Gasteiger partial charge in [0, 0.05) is 5.92 Å². The van der Waals surface area contributed by atoms with Gasteiger partial charge in [-0.1, -0.05) is 0 Å². The molecule has 1 fully saturated rings. The Kier molecular flexibility index (Phi) is 5.01. The summed E-state index contributed by atoms with van der Waals surface area (Å²) in [6, 6.07) is -0.631. The van der Waals surface area contributed by atoms with Crippen molar-refractivity contribution >= 4 is 21.9 Å². The van der Waals surface area contributed by atoms with Crippen LogP contribution in [0.4, 0.5) is 4.79 Å². The van der Waals surface area contributed by atoms with Gasteiger partial charge in [-0.05, 0) is 20.8 Å². The fraction of sp³-hybridized carbons (Fsp3) is 0.833. The van der Waals surface area contributed by atoms with Gasteiger partial charge in [0.05, 0.1) is 31.1 Å². The molecule has 7 nitrogen and oxygen atoms in total. The lowest BCUT2D eigenvalue weighted by molar-refractivity contribution is -0.141. The molecule has 1 saturated heterocycles. The molecule has 0 saturated carbocycles. The zero-order valence-corrected chi connectivity index (χ0v) is 13.0. The number of hydrogen-bond acceptors (Lipinski definition) is 6. The van der Waals surface area contributed by atoms with Gasteiger partial charge >= 0.3 is 12.1 Å². The summed E-state index contributed by atoms with van der Waals surface area (Å²) in [5.74, 6) is -1.31. The number of carbonyl (C=O) groups is 2. The van der Waals surface area contributed by atoms with E-state index in [0.717, 1.165) is 0 Å². The van der Waals surface area contributed by atoms with Crippen molar-refractivity contribution in [1.29, 1.82) is 0 Å². The lowest BCUT2D eigenvalue weighted by atomic mass is 10.0. The van der Waals surface area contributed by atoms with Gasteiger partial charge in [-0.15, -0.1) is 0 Å². The SMILES string of the molecule is COC(=O)CC1CS(=O)(=O)CC1NC(=O)OC(C)(C)C. The second-order valence-electron chi connectivity index (χ2n) is 5.87. The third-order valence-corrected chi connectivity index (χ3v) is 4.63. The third-order valence-electron chi connectivity index (χ3n) is 2.83. The first-order chi connectivity index (χ1) is 9.02. The van der Waals surface area contributed by atoms with Crippen LogP contribution in [0.5, 0.6) is 0 Å². The lowest BCUT2D eigenvalue weighted by Gasteiger charge is -2.23. The Balaban J connectivity index is 2.70. The van der Waals surface area contributed by atoms with E-state index >= 15 is 0 Å². The van der Waals surface area contributed by atoms with Crippen LogP contribution in [0.2, 0.25) is 0 Å². The zero-order valence-electron chi connectivity index (χ0n) is 12.1. The van der Waals surface area contributed by atoms with Crippen LogP contribution in [0.15, 0.2) is 0 Å². The molecular weight excluding hydrogens is 286 g/mol. The minimum absolute atomic E-state index is 0.0454. The Hall–Kier alpha value is -1.31. The van der Waals surface area contributed by atoms with Gasteiger partial charge < -0.3 is 14.8 Å². The lowest BCUT2D eigenvalue weighted by Crippen LogP contribution is -2.43. The predicted octanol–water partition coefficient (Wildman–Crippen LogP) is 0.487. The number of esters is 1. The van der Waals surface area contributed by atoms with Crippen LogP contribution in [-0.2, 0) is 24.1 Å². The van der Waals surface area contributed by atoms with Crippen LogP contribution in [0.1, 0.15) is 27.2 Å². The van der Waals surface area contributed by atoms with E-state index in [4.69, 9.17) is 4.74 Å². The van der Waals surface area contributed by atoms with E-state index in [1.807, 2.05) is 0 Å². The van der Waals surface area contributed by atoms with E-state index in [-0.39, 0.29) is 17.9 Å². The number of hydrogen-bond donors (Lipinski definition) is 1. The highest BCUT2D eigenvalue weighted by Gasteiger charge is 2.40. The Morgan fingerprint density at radius 1 is 1.25 bits per heavy atom. The third kappa shape index (κ3) is 5.36. The monoisotopic (exact) mass is 307 g/mol. The predicted molar refractivity (Wildman–Crippen MR) is 71.9 cm³/mol. The topological polar surface area (TPSA) is 98.8 Å². The fourth-order valence-electron chi connectivity index (χ4n) is 2.04. The molecule has 0 bridgehead atoms. The minimum atomic E-state index is -3.27. The molecule has 0 aromatic rings. The molecule has 0 radical (unpaired) electrons. The number of methoxy groups -OCH3 is 1. The van der Waals surface area contributed by atoms with Gasteiger partial charge in [-0.3, -0.25) is 4.79 Å². The van der Waals surface area contributed by atoms with Crippen molar-refractivity contribution in [3.8, 4) is 0 Å². The second-order valence-corrected chi connectivity index (χ2v) is 8.02. The Morgan fingerprint density at radius 3 is 2.35 bits per heavy atom. The normalized spacial score (nSPS) is 25.0. The summed E-state index contributed by atoms with van der Waals surface area (Å²) in [6.45, 7) is 5.14. The minimum Gasteiger partial charge on any atom is -0.469 e. The molecule has 20 heavy (non-hydrogen) atoms. The van der Waals surface area contributed by atoms with E-state index in [9.17, 15) is 18.0 Å². The van der Waals surface area contributed by atoms with E-state index in [1.165, 1.54) is 7.11 Å². The number of alkyl carbamates (subject to hydrolysis) is 1. The molecule has 1 N–H and O–H groups in total. The molecule has 116 valence electrons. The molecule has 0 aromatic heterocycles. The molecular formula is C12H21NO6S. The number of sulfone groups is 1. The Bertz CT molecular complexity index is 479. The first kappa shape index (κ1) is 16.7. The van der Waals surface area contributed by atoms with Crippen LogP contribution in [0.3, 0.4) is 0 Å². The molecule has 0 spiro atoms. The summed E-state index contributed by atoms with van der Waals surface area (Å²) >= 11 is 0. The fourth-order valence-corrected chi connectivity index (χ4v) is 4.08. The molecule has 2 unspecified atom stereocenters. The average molecular weight is 307 g/mol. The van der Waals surface area contributed by atoms with Crippen molar-refractivity contribution in [2.75, 3.05) is 18.6 Å². The van der Waals surface area contributed by atoms with Crippen molar-refractivity contribution in [3.63, 3.8) is 0 Å². The van der Waals surface area contributed by atoms with Crippen molar-refractivity contribution in [2.24, 2.45) is 5.92 Å². The summed E-state index contributed by atoms with van der Waals surface area (Å²) < 4.78 is 32.9. The van der Waals surface area contributed by atoms with Crippen LogP contribution in [0, 0.1) is 5.92 Å². The second kappa shape index (κ2) is 5.99. The van der Waals surface area contributed by atoms with E-state index in [0.29, 0.717) is 0 Å². The summed E-state index contributed by atoms with van der Waals surface area (Å²) in [5, 5.41) is 2.52. The maximum Gasteiger partial charge on any atom is 0.407 e. The molecule has 1 heterocycles. The van der Waals surface area contributed by atoms with Gasteiger partial charge in [0.1, 0.15) is 5.60 Å². The van der Waals surface area contributed by atoms with E-state index in [2.05, 4.69) is 10.1 Å². The van der Waals surface area contributed by atoms with Crippen LogP contribution in [0.25, 0.3) is 0 Å². The molecule has 2 atom stereocenters.